The second-order valence-corrected chi connectivity index (χ2v) is 10.1. The predicted molar refractivity (Wildman–Crippen MR) is 133 cm³/mol. The van der Waals surface area contributed by atoms with Crippen LogP contribution in [0.2, 0.25) is 10.0 Å². The zero-order chi connectivity index (χ0) is 22.9. The average molecular weight is 489 g/mol. The molecular formula is C24H30Cl2N6O. The van der Waals surface area contributed by atoms with Crippen LogP contribution in [0.4, 0.5) is 11.6 Å². The lowest BCUT2D eigenvalue weighted by atomic mass is 9.80. The SMILES string of the molecule is C[C@@H](Nc1cc(N2CC([C@H]3CCCN(CCO)C3)C2)nc2nccn12)c1ccc(Cl)cc1Cl. The molecule has 4 heterocycles. The minimum Gasteiger partial charge on any atom is -0.395 e. The number of aliphatic hydroxyl groups is 1. The number of aromatic nitrogens is 3. The van der Waals surface area contributed by atoms with E-state index in [9.17, 15) is 5.11 Å². The summed E-state index contributed by atoms with van der Waals surface area (Å²) in [6.45, 7) is 7.34. The summed E-state index contributed by atoms with van der Waals surface area (Å²) in [4.78, 5) is 14.0. The third-order valence-corrected chi connectivity index (χ3v) is 7.58. The van der Waals surface area contributed by atoms with Gasteiger partial charge in [-0.05, 0) is 55.8 Å². The maximum atomic E-state index is 9.28. The number of aliphatic hydroxyl groups excluding tert-OH is 1. The van der Waals surface area contributed by atoms with Crippen molar-refractivity contribution in [2.75, 3.05) is 49.5 Å². The molecule has 0 amide bonds. The number of anilines is 2. The largest absolute Gasteiger partial charge is 0.395 e. The number of likely N-dealkylation sites (tertiary alicyclic amines) is 1. The van der Waals surface area contributed by atoms with Crippen molar-refractivity contribution in [3.05, 3.63) is 52.3 Å². The Morgan fingerprint density at radius 1 is 1.18 bits per heavy atom. The Hall–Kier alpha value is -2.06. The fourth-order valence-electron chi connectivity index (χ4n) is 5.14. The molecule has 0 bridgehead atoms. The Balaban J connectivity index is 1.30. The fraction of sp³-hybridized carbons (Fsp3) is 0.500. The van der Waals surface area contributed by atoms with Gasteiger partial charge in [0.2, 0.25) is 5.78 Å². The molecule has 7 nitrogen and oxygen atoms in total. The van der Waals surface area contributed by atoms with E-state index in [1.54, 1.807) is 12.3 Å². The summed E-state index contributed by atoms with van der Waals surface area (Å²) in [5.74, 6) is 3.93. The minimum absolute atomic E-state index is 0.0143. The van der Waals surface area contributed by atoms with E-state index in [0.29, 0.717) is 27.7 Å². The average Bonchev–Trinajstić information content (AvgIpc) is 3.22. The first-order valence-corrected chi connectivity index (χ1v) is 12.4. The molecule has 0 spiro atoms. The van der Waals surface area contributed by atoms with Crippen molar-refractivity contribution in [1.82, 2.24) is 19.3 Å². The molecule has 3 aromatic rings. The number of rotatable bonds is 7. The van der Waals surface area contributed by atoms with Gasteiger partial charge in [0.1, 0.15) is 11.6 Å². The maximum Gasteiger partial charge on any atom is 0.237 e. The van der Waals surface area contributed by atoms with E-state index in [4.69, 9.17) is 28.2 Å². The summed E-state index contributed by atoms with van der Waals surface area (Å²) in [7, 11) is 0. The van der Waals surface area contributed by atoms with Gasteiger partial charge >= 0.3 is 0 Å². The third-order valence-electron chi connectivity index (χ3n) is 7.01. The zero-order valence-corrected chi connectivity index (χ0v) is 20.3. The lowest BCUT2D eigenvalue weighted by Crippen LogP contribution is -2.54. The van der Waals surface area contributed by atoms with E-state index in [2.05, 4.69) is 33.1 Å². The molecule has 9 heteroatoms. The summed E-state index contributed by atoms with van der Waals surface area (Å²) >= 11 is 12.5. The highest BCUT2D eigenvalue weighted by Crippen LogP contribution is 2.35. The highest BCUT2D eigenvalue weighted by molar-refractivity contribution is 6.35. The van der Waals surface area contributed by atoms with Crippen LogP contribution in [-0.4, -0.2) is 63.7 Å². The van der Waals surface area contributed by atoms with E-state index in [-0.39, 0.29) is 12.6 Å². The van der Waals surface area contributed by atoms with Gasteiger partial charge < -0.3 is 20.2 Å². The van der Waals surface area contributed by atoms with Gasteiger partial charge in [-0.25, -0.2) is 4.98 Å². The molecule has 1 aromatic carbocycles. The van der Waals surface area contributed by atoms with Crippen molar-refractivity contribution < 1.29 is 5.11 Å². The van der Waals surface area contributed by atoms with E-state index in [1.807, 2.05) is 22.7 Å². The van der Waals surface area contributed by atoms with Crippen molar-refractivity contribution >= 4 is 40.6 Å². The highest BCUT2D eigenvalue weighted by Gasteiger charge is 2.36. The van der Waals surface area contributed by atoms with Crippen molar-refractivity contribution in [3.8, 4) is 0 Å². The number of piperidine rings is 1. The molecule has 2 aliphatic heterocycles. The van der Waals surface area contributed by atoms with E-state index in [0.717, 1.165) is 49.9 Å². The number of nitrogens with one attached hydrogen (secondary N) is 1. The molecule has 0 aliphatic carbocycles. The Kier molecular flexibility index (Phi) is 6.65. The molecule has 2 aromatic heterocycles. The normalized spacial score (nSPS) is 20.7. The minimum atomic E-state index is -0.0143. The molecule has 2 aliphatic rings. The Morgan fingerprint density at radius 3 is 2.82 bits per heavy atom. The first kappa shape index (κ1) is 22.7. The smallest absolute Gasteiger partial charge is 0.237 e. The maximum absolute atomic E-state index is 9.28. The van der Waals surface area contributed by atoms with Crippen molar-refractivity contribution in [3.63, 3.8) is 0 Å². The van der Waals surface area contributed by atoms with E-state index >= 15 is 0 Å². The second-order valence-electron chi connectivity index (χ2n) is 9.22. The van der Waals surface area contributed by atoms with Crippen LogP contribution >= 0.6 is 23.2 Å². The van der Waals surface area contributed by atoms with Crippen LogP contribution in [0, 0.1) is 11.8 Å². The van der Waals surface area contributed by atoms with Crippen LogP contribution in [0.3, 0.4) is 0 Å². The lowest BCUT2D eigenvalue weighted by Gasteiger charge is -2.47. The van der Waals surface area contributed by atoms with Gasteiger partial charge in [0.05, 0.1) is 12.6 Å². The summed E-state index contributed by atoms with van der Waals surface area (Å²) in [6, 6.07) is 7.68. The highest BCUT2D eigenvalue weighted by atomic mass is 35.5. The predicted octanol–water partition coefficient (Wildman–Crippen LogP) is 4.35. The number of benzene rings is 1. The van der Waals surface area contributed by atoms with Crippen LogP contribution in [0.1, 0.15) is 31.4 Å². The molecule has 0 radical (unpaired) electrons. The van der Waals surface area contributed by atoms with Crippen LogP contribution in [-0.2, 0) is 0 Å². The van der Waals surface area contributed by atoms with Gasteiger partial charge in [-0.2, -0.15) is 4.98 Å². The first-order valence-electron chi connectivity index (χ1n) is 11.7. The van der Waals surface area contributed by atoms with Crippen LogP contribution < -0.4 is 10.2 Å². The van der Waals surface area contributed by atoms with Gasteiger partial charge in [0, 0.05) is 54.7 Å². The fourth-order valence-corrected chi connectivity index (χ4v) is 5.71. The molecule has 2 fully saturated rings. The van der Waals surface area contributed by atoms with Gasteiger partial charge in [0.25, 0.3) is 0 Å². The quantitative estimate of drug-likeness (QED) is 0.515. The number of halogens is 2. The summed E-state index contributed by atoms with van der Waals surface area (Å²) in [5.41, 5.74) is 0.987. The van der Waals surface area contributed by atoms with Crippen molar-refractivity contribution in [2.24, 2.45) is 11.8 Å². The van der Waals surface area contributed by atoms with Crippen LogP contribution in [0.15, 0.2) is 36.7 Å². The van der Waals surface area contributed by atoms with Gasteiger partial charge in [0.15, 0.2) is 0 Å². The summed E-state index contributed by atoms with van der Waals surface area (Å²) in [5, 5.41) is 14.1. The molecule has 2 N–H and O–H groups in total. The molecular weight excluding hydrogens is 459 g/mol. The molecule has 33 heavy (non-hydrogen) atoms. The standard InChI is InChI=1S/C24H30Cl2N6O/c1-16(20-5-4-19(25)11-21(20)26)28-23-12-22(29-24-27-6-8-32(23)24)31-14-18(15-31)17-3-2-7-30(13-17)9-10-33/h4-6,8,11-12,16-18,28,33H,2-3,7,9-10,13-15H2,1H3/t16-,17+/m1/s1. The number of hydrogen-bond donors (Lipinski definition) is 2. The van der Waals surface area contributed by atoms with Gasteiger partial charge in [-0.15, -0.1) is 0 Å². The molecule has 5 rings (SSSR count). The van der Waals surface area contributed by atoms with Gasteiger partial charge in [-0.3, -0.25) is 4.40 Å². The number of imidazole rings is 1. The third kappa shape index (κ3) is 4.78. The number of β-amino-alcohol motifs (C(OH)–C–C–N with tert-alkyl or cyclic N) is 1. The molecule has 176 valence electrons. The lowest BCUT2D eigenvalue weighted by molar-refractivity contribution is 0.102. The Labute approximate surface area is 204 Å². The molecule has 0 unspecified atom stereocenters. The number of nitrogens with zero attached hydrogens (tertiary/aromatic N) is 5. The van der Waals surface area contributed by atoms with E-state index in [1.165, 1.54) is 12.8 Å². The zero-order valence-electron chi connectivity index (χ0n) is 18.8. The van der Waals surface area contributed by atoms with Crippen LogP contribution in [0.25, 0.3) is 5.78 Å². The van der Waals surface area contributed by atoms with Gasteiger partial charge in [-0.1, -0.05) is 29.3 Å². The summed E-state index contributed by atoms with van der Waals surface area (Å²) in [6.07, 6.45) is 6.19. The molecule has 2 atom stereocenters. The second kappa shape index (κ2) is 9.66. The number of fused-ring (bicyclic) bond motifs is 1. The van der Waals surface area contributed by atoms with Crippen molar-refractivity contribution in [1.29, 1.82) is 0 Å². The topological polar surface area (TPSA) is 68.9 Å². The van der Waals surface area contributed by atoms with Crippen LogP contribution in [0.5, 0.6) is 0 Å². The first-order chi connectivity index (χ1) is 16.0. The Morgan fingerprint density at radius 2 is 2.03 bits per heavy atom. The van der Waals surface area contributed by atoms with Crippen molar-refractivity contribution in [2.45, 2.75) is 25.8 Å². The Bertz CT molecular complexity index is 1110. The molecule has 0 saturated carbocycles. The molecule has 2 saturated heterocycles. The monoisotopic (exact) mass is 488 g/mol. The van der Waals surface area contributed by atoms with E-state index < -0.39 is 0 Å². The number of hydrogen-bond acceptors (Lipinski definition) is 6. The summed E-state index contributed by atoms with van der Waals surface area (Å²) < 4.78 is 1.97.